The molecule has 0 aromatic heterocycles. The molecule has 1 aromatic carbocycles. The lowest BCUT2D eigenvalue weighted by molar-refractivity contribution is -0.739. The zero-order chi connectivity index (χ0) is 13.2. The molecule has 0 saturated carbocycles. The summed E-state index contributed by atoms with van der Waals surface area (Å²) in [6.45, 7) is 2.00. The van der Waals surface area contributed by atoms with Gasteiger partial charge in [-0.2, -0.15) is 0 Å². The number of benzene rings is 1. The number of nitrogens with one attached hydrogen (secondary N) is 1. The number of carbonyl (C=O) groups is 1. The van der Waals surface area contributed by atoms with E-state index in [1.807, 2.05) is 31.2 Å². The average Bonchev–Trinajstić information content (AvgIpc) is 2.38. The number of fused-ring (bicyclic) bond motifs is 2. The van der Waals surface area contributed by atoms with Crippen molar-refractivity contribution in [3.05, 3.63) is 35.4 Å². The molecule has 19 heavy (non-hydrogen) atoms. The minimum Gasteiger partial charge on any atom is -0.349 e. The van der Waals surface area contributed by atoms with Gasteiger partial charge in [0, 0.05) is 24.4 Å². The maximum atomic E-state index is 12.3. The lowest BCUT2D eigenvalue weighted by Gasteiger charge is -2.37. The minimum absolute atomic E-state index is 0.100. The third kappa shape index (κ3) is 2.81. The summed E-state index contributed by atoms with van der Waals surface area (Å²) in [6, 6.07) is 9.66. The summed E-state index contributed by atoms with van der Waals surface area (Å²) in [5.41, 5.74) is 1.88. The van der Waals surface area contributed by atoms with E-state index in [9.17, 15) is 4.79 Å². The smallest absolute Gasteiger partial charge is 0.251 e. The molecule has 0 spiro atoms. The second-order valence-corrected chi connectivity index (χ2v) is 6.10. The fourth-order valence-electron chi connectivity index (χ4n) is 3.65. The van der Waals surface area contributed by atoms with Crippen molar-refractivity contribution in [3.63, 3.8) is 0 Å². The van der Waals surface area contributed by atoms with Crippen molar-refractivity contribution in [2.24, 2.45) is 0 Å². The van der Waals surface area contributed by atoms with Crippen LogP contribution in [0.2, 0.25) is 0 Å². The molecule has 2 heterocycles. The van der Waals surface area contributed by atoms with Gasteiger partial charge in [-0.25, -0.2) is 0 Å². The fourth-order valence-corrected chi connectivity index (χ4v) is 3.65. The van der Waals surface area contributed by atoms with Gasteiger partial charge in [-0.05, 0) is 37.8 Å². The van der Waals surface area contributed by atoms with E-state index in [1.54, 1.807) is 0 Å². The number of hydrogen-bond donors (Lipinski definition) is 2. The molecular weight excluding hydrogens is 236 g/mol. The number of piperidine rings is 2. The van der Waals surface area contributed by atoms with Crippen LogP contribution in [-0.2, 0) is 0 Å². The van der Waals surface area contributed by atoms with E-state index in [-0.39, 0.29) is 5.91 Å². The zero-order valence-electron chi connectivity index (χ0n) is 11.6. The van der Waals surface area contributed by atoms with Crippen LogP contribution in [0.4, 0.5) is 0 Å². The summed E-state index contributed by atoms with van der Waals surface area (Å²) in [5, 5.41) is 5.77. The summed E-state index contributed by atoms with van der Waals surface area (Å²) in [4.78, 5) is 12.3. The van der Waals surface area contributed by atoms with Crippen molar-refractivity contribution in [2.75, 3.05) is 0 Å². The molecule has 3 nitrogen and oxygen atoms in total. The number of amides is 1. The Morgan fingerprint density at radius 3 is 2.58 bits per heavy atom. The first kappa shape index (κ1) is 12.7. The van der Waals surface area contributed by atoms with E-state index in [0.717, 1.165) is 36.1 Å². The number of quaternary nitrogens is 1. The highest BCUT2D eigenvalue weighted by Gasteiger charge is 2.35. The Morgan fingerprint density at radius 1 is 1.21 bits per heavy atom. The van der Waals surface area contributed by atoms with Gasteiger partial charge in [0.15, 0.2) is 0 Å². The Balaban J connectivity index is 1.65. The van der Waals surface area contributed by atoms with Crippen molar-refractivity contribution in [3.8, 4) is 0 Å². The maximum absolute atomic E-state index is 12.3. The Labute approximate surface area is 114 Å². The van der Waals surface area contributed by atoms with Crippen LogP contribution < -0.4 is 10.6 Å². The van der Waals surface area contributed by atoms with E-state index >= 15 is 0 Å². The van der Waals surface area contributed by atoms with Crippen molar-refractivity contribution in [2.45, 2.75) is 57.2 Å². The van der Waals surface area contributed by atoms with Gasteiger partial charge in [0.25, 0.3) is 5.91 Å². The Bertz CT molecular complexity index is 460. The molecule has 102 valence electrons. The standard InChI is InChI=1S/C16H22N2O/c1-11-5-2-3-8-15(11)16(19)18-14-9-12-6-4-7-13(10-14)17-12/h2-3,5,8,12-14,17H,4,6-7,9-10H2,1H3,(H,18,19)/p+1/t12-,13+,14?. The molecular formula is C16H23N2O+. The number of aryl methyl sites for hydroxylation is 1. The molecule has 0 aliphatic carbocycles. The number of carbonyl (C=O) groups excluding carboxylic acids is 1. The molecule has 3 heteroatoms. The third-order valence-electron chi connectivity index (χ3n) is 4.59. The van der Waals surface area contributed by atoms with Crippen LogP contribution in [0.15, 0.2) is 24.3 Å². The van der Waals surface area contributed by atoms with Gasteiger partial charge in [-0.15, -0.1) is 0 Å². The van der Waals surface area contributed by atoms with Gasteiger partial charge >= 0.3 is 0 Å². The van der Waals surface area contributed by atoms with Crippen LogP contribution in [0.5, 0.6) is 0 Å². The Morgan fingerprint density at radius 2 is 1.89 bits per heavy atom. The average molecular weight is 259 g/mol. The van der Waals surface area contributed by atoms with Gasteiger partial charge in [0.05, 0.1) is 12.1 Å². The molecule has 3 N–H and O–H groups in total. The fraction of sp³-hybridized carbons (Fsp3) is 0.562. The summed E-state index contributed by atoms with van der Waals surface area (Å²) < 4.78 is 0. The van der Waals surface area contributed by atoms with Gasteiger partial charge in [-0.1, -0.05) is 18.2 Å². The van der Waals surface area contributed by atoms with Crippen LogP contribution >= 0.6 is 0 Å². The van der Waals surface area contributed by atoms with E-state index in [4.69, 9.17) is 0 Å². The summed E-state index contributed by atoms with van der Waals surface area (Å²) in [5.74, 6) is 0.100. The molecule has 2 saturated heterocycles. The van der Waals surface area contributed by atoms with Crippen molar-refractivity contribution in [1.82, 2.24) is 5.32 Å². The molecule has 2 aliphatic rings. The van der Waals surface area contributed by atoms with Crippen LogP contribution in [0.25, 0.3) is 0 Å². The van der Waals surface area contributed by atoms with E-state index < -0.39 is 0 Å². The second-order valence-electron chi connectivity index (χ2n) is 6.10. The first-order valence-electron chi connectivity index (χ1n) is 7.44. The van der Waals surface area contributed by atoms with Crippen LogP contribution in [0.1, 0.15) is 48.0 Å². The second kappa shape index (κ2) is 5.33. The Hall–Kier alpha value is -1.35. The molecule has 2 bridgehead atoms. The number of nitrogens with two attached hydrogens (primary N) is 1. The lowest BCUT2D eigenvalue weighted by Crippen LogP contribution is -2.98. The van der Waals surface area contributed by atoms with Gasteiger partial charge in [-0.3, -0.25) is 4.79 Å². The van der Waals surface area contributed by atoms with Gasteiger partial charge in [0.1, 0.15) is 0 Å². The zero-order valence-corrected chi connectivity index (χ0v) is 11.6. The summed E-state index contributed by atoms with van der Waals surface area (Å²) in [6.07, 6.45) is 6.26. The molecule has 2 aliphatic heterocycles. The van der Waals surface area contributed by atoms with E-state index in [0.29, 0.717) is 6.04 Å². The normalized spacial score (nSPS) is 29.8. The third-order valence-corrected chi connectivity index (χ3v) is 4.59. The predicted octanol–water partition coefficient (Wildman–Crippen LogP) is 1.37. The first-order valence-corrected chi connectivity index (χ1v) is 7.44. The van der Waals surface area contributed by atoms with E-state index in [2.05, 4.69) is 10.6 Å². The first-order chi connectivity index (χ1) is 9.22. The largest absolute Gasteiger partial charge is 0.349 e. The van der Waals surface area contributed by atoms with Crippen molar-refractivity contribution < 1.29 is 10.1 Å². The van der Waals surface area contributed by atoms with Crippen molar-refractivity contribution >= 4 is 5.91 Å². The molecule has 1 amide bonds. The van der Waals surface area contributed by atoms with E-state index in [1.165, 1.54) is 19.3 Å². The topological polar surface area (TPSA) is 45.7 Å². The van der Waals surface area contributed by atoms with Crippen LogP contribution in [-0.4, -0.2) is 24.0 Å². The molecule has 1 unspecified atom stereocenters. The SMILES string of the molecule is Cc1ccccc1C(=O)NC1C[C@H]2CCC[C@@H](C1)[NH2+]2. The summed E-state index contributed by atoms with van der Waals surface area (Å²) >= 11 is 0. The molecule has 0 radical (unpaired) electrons. The minimum atomic E-state index is 0.100. The monoisotopic (exact) mass is 259 g/mol. The quantitative estimate of drug-likeness (QED) is 0.828. The molecule has 3 rings (SSSR count). The van der Waals surface area contributed by atoms with Crippen LogP contribution in [0.3, 0.4) is 0 Å². The molecule has 3 atom stereocenters. The van der Waals surface area contributed by atoms with Crippen molar-refractivity contribution in [1.29, 1.82) is 0 Å². The molecule has 1 aromatic rings. The lowest BCUT2D eigenvalue weighted by atomic mass is 9.84. The summed E-state index contributed by atoms with van der Waals surface area (Å²) in [7, 11) is 0. The Kier molecular flexibility index (Phi) is 3.56. The number of rotatable bonds is 2. The van der Waals surface area contributed by atoms with Gasteiger partial charge in [0.2, 0.25) is 0 Å². The highest BCUT2D eigenvalue weighted by Crippen LogP contribution is 2.21. The predicted molar refractivity (Wildman–Crippen MR) is 75.0 cm³/mol. The van der Waals surface area contributed by atoms with Gasteiger partial charge < -0.3 is 10.6 Å². The maximum Gasteiger partial charge on any atom is 0.251 e. The molecule has 2 fully saturated rings. The highest BCUT2D eigenvalue weighted by molar-refractivity contribution is 5.95. The van der Waals surface area contributed by atoms with Crippen LogP contribution in [0, 0.1) is 6.92 Å². The highest BCUT2D eigenvalue weighted by atomic mass is 16.1. The number of hydrogen-bond acceptors (Lipinski definition) is 1.